The Morgan fingerprint density at radius 1 is 1.18 bits per heavy atom. The van der Waals surface area contributed by atoms with Gasteiger partial charge in [-0.05, 0) is 43.3 Å². The summed E-state index contributed by atoms with van der Waals surface area (Å²) in [6, 6.07) is 10.2. The number of carbonyl (C=O) groups excluding carboxylic acids is 1. The molecule has 2 aromatic rings. The number of amides is 1. The minimum Gasteiger partial charge on any atom is -0.497 e. The molecule has 0 aliphatic rings. The second kappa shape index (κ2) is 7.26. The van der Waals surface area contributed by atoms with Crippen molar-refractivity contribution in [1.29, 1.82) is 0 Å². The molecule has 116 valence electrons. The van der Waals surface area contributed by atoms with E-state index in [0.717, 1.165) is 17.8 Å². The van der Waals surface area contributed by atoms with E-state index in [-0.39, 0.29) is 10.8 Å². The van der Waals surface area contributed by atoms with Gasteiger partial charge in [-0.3, -0.25) is 4.79 Å². The number of benzene rings is 2. The molecule has 0 aliphatic heterocycles. The molecule has 0 bridgehead atoms. The SMILES string of the molecule is COc1ccc(NC(=O)C(C)Sc2ccc(F)cc2F)cc1. The van der Waals surface area contributed by atoms with E-state index in [4.69, 9.17) is 4.74 Å². The van der Waals surface area contributed by atoms with Crippen LogP contribution in [-0.4, -0.2) is 18.3 Å². The number of hydrogen-bond acceptors (Lipinski definition) is 3. The molecule has 0 saturated heterocycles. The lowest BCUT2D eigenvalue weighted by Crippen LogP contribution is -2.22. The molecule has 0 radical (unpaired) electrons. The van der Waals surface area contributed by atoms with Gasteiger partial charge >= 0.3 is 0 Å². The number of rotatable bonds is 5. The topological polar surface area (TPSA) is 38.3 Å². The van der Waals surface area contributed by atoms with Gasteiger partial charge in [-0.15, -0.1) is 11.8 Å². The summed E-state index contributed by atoms with van der Waals surface area (Å²) in [7, 11) is 1.56. The summed E-state index contributed by atoms with van der Waals surface area (Å²) in [6.45, 7) is 1.66. The summed E-state index contributed by atoms with van der Waals surface area (Å²) in [6.07, 6.45) is 0. The third kappa shape index (κ3) is 4.21. The van der Waals surface area contributed by atoms with Crippen LogP contribution in [0.4, 0.5) is 14.5 Å². The van der Waals surface area contributed by atoms with Crippen LogP contribution < -0.4 is 10.1 Å². The largest absolute Gasteiger partial charge is 0.497 e. The van der Waals surface area contributed by atoms with Gasteiger partial charge in [-0.25, -0.2) is 8.78 Å². The number of halogens is 2. The number of hydrogen-bond donors (Lipinski definition) is 1. The summed E-state index contributed by atoms with van der Waals surface area (Å²) in [5.74, 6) is -0.890. The van der Waals surface area contributed by atoms with Gasteiger partial charge in [0.25, 0.3) is 0 Å². The predicted molar refractivity (Wildman–Crippen MR) is 83.3 cm³/mol. The van der Waals surface area contributed by atoms with Crippen molar-refractivity contribution in [2.24, 2.45) is 0 Å². The molecule has 6 heteroatoms. The van der Waals surface area contributed by atoms with Gasteiger partial charge in [0.05, 0.1) is 12.4 Å². The molecule has 0 spiro atoms. The lowest BCUT2D eigenvalue weighted by atomic mass is 10.3. The maximum atomic E-state index is 13.6. The summed E-state index contributed by atoms with van der Waals surface area (Å²) in [5.41, 5.74) is 0.623. The van der Waals surface area contributed by atoms with E-state index in [1.165, 1.54) is 12.1 Å². The molecule has 0 aliphatic carbocycles. The minimum absolute atomic E-state index is 0.235. The van der Waals surface area contributed by atoms with Gasteiger partial charge in [0.2, 0.25) is 5.91 Å². The van der Waals surface area contributed by atoms with Crippen LogP contribution in [0.3, 0.4) is 0 Å². The molecule has 0 heterocycles. The highest BCUT2D eigenvalue weighted by Gasteiger charge is 2.17. The van der Waals surface area contributed by atoms with Crippen LogP contribution in [0, 0.1) is 11.6 Å². The molecule has 1 atom stereocenters. The van der Waals surface area contributed by atoms with Crippen molar-refractivity contribution in [3.05, 3.63) is 54.1 Å². The van der Waals surface area contributed by atoms with E-state index >= 15 is 0 Å². The van der Waals surface area contributed by atoms with Gasteiger partial charge in [-0.1, -0.05) is 0 Å². The number of thioether (sulfide) groups is 1. The fraction of sp³-hybridized carbons (Fsp3) is 0.188. The maximum absolute atomic E-state index is 13.6. The number of ether oxygens (including phenoxy) is 1. The van der Waals surface area contributed by atoms with Crippen LogP contribution in [0.2, 0.25) is 0 Å². The Kier molecular flexibility index (Phi) is 5.38. The van der Waals surface area contributed by atoms with Crippen LogP contribution in [-0.2, 0) is 4.79 Å². The first-order valence-corrected chi connectivity index (χ1v) is 7.44. The van der Waals surface area contributed by atoms with Crippen molar-refractivity contribution >= 4 is 23.4 Å². The van der Waals surface area contributed by atoms with Crippen molar-refractivity contribution in [2.45, 2.75) is 17.1 Å². The highest BCUT2D eigenvalue weighted by Crippen LogP contribution is 2.27. The fourth-order valence-corrected chi connectivity index (χ4v) is 2.60. The molecule has 2 rings (SSSR count). The van der Waals surface area contributed by atoms with Crippen molar-refractivity contribution in [1.82, 2.24) is 0 Å². The first-order valence-electron chi connectivity index (χ1n) is 6.56. The van der Waals surface area contributed by atoms with E-state index in [1.807, 2.05) is 0 Å². The van der Waals surface area contributed by atoms with Crippen LogP contribution in [0.15, 0.2) is 47.4 Å². The van der Waals surface area contributed by atoms with Crippen molar-refractivity contribution in [3.63, 3.8) is 0 Å². The zero-order valence-corrected chi connectivity index (χ0v) is 12.9. The van der Waals surface area contributed by atoms with E-state index < -0.39 is 16.9 Å². The average Bonchev–Trinajstić information content (AvgIpc) is 2.50. The molecule has 3 nitrogen and oxygen atoms in total. The number of nitrogens with one attached hydrogen (secondary N) is 1. The average molecular weight is 323 g/mol. The lowest BCUT2D eigenvalue weighted by molar-refractivity contribution is -0.115. The Bertz CT molecular complexity index is 662. The Morgan fingerprint density at radius 3 is 2.45 bits per heavy atom. The summed E-state index contributed by atoms with van der Waals surface area (Å²) in [4.78, 5) is 12.3. The minimum atomic E-state index is -0.672. The first kappa shape index (κ1) is 16.3. The van der Waals surface area contributed by atoms with Gasteiger partial charge in [-0.2, -0.15) is 0 Å². The second-order valence-corrected chi connectivity index (χ2v) is 5.94. The first-order chi connectivity index (χ1) is 10.5. The summed E-state index contributed by atoms with van der Waals surface area (Å²) >= 11 is 1.04. The van der Waals surface area contributed by atoms with E-state index in [9.17, 15) is 13.6 Å². The molecule has 22 heavy (non-hydrogen) atoms. The van der Waals surface area contributed by atoms with E-state index in [1.54, 1.807) is 38.3 Å². The van der Waals surface area contributed by atoms with Crippen LogP contribution in [0.1, 0.15) is 6.92 Å². The van der Waals surface area contributed by atoms with Crippen molar-refractivity contribution in [2.75, 3.05) is 12.4 Å². The molecule has 0 saturated carbocycles. The zero-order valence-electron chi connectivity index (χ0n) is 12.1. The third-order valence-corrected chi connectivity index (χ3v) is 4.08. The van der Waals surface area contributed by atoms with Gasteiger partial charge in [0, 0.05) is 16.6 Å². The Hall–Kier alpha value is -2.08. The fourth-order valence-electron chi connectivity index (χ4n) is 1.73. The molecule has 1 amide bonds. The van der Waals surface area contributed by atoms with Crippen LogP contribution in [0.25, 0.3) is 0 Å². The lowest BCUT2D eigenvalue weighted by Gasteiger charge is -2.12. The molecule has 0 aromatic heterocycles. The highest BCUT2D eigenvalue weighted by atomic mass is 32.2. The Morgan fingerprint density at radius 2 is 1.86 bits per heavy atom. The number of anilines is 1. The summed E-state index contributed by atoms with van der Waals surface area (Å²) in [5, 5.41) is 2.21. The molecule has 1 unspecified atom stereocenters. The number of carbonyl (C=O) groups is 1. The van der Waals surface area contributed by atoms with Crippen LogP contribution >= 0.6 is 11.8 Å². The molecule has 1 N–H and O–H groups in total. The van der Waals surface area contributed by atoms with Gasteiger partial charge in [0.15, 0.2) is 0 Å². The third-order valence-electron chi connectivity index (χ3n) is 2.92. The van der Waals surface area contributed by atoms with Crippen LogP contribution in [0.5, 0.6) is 5.75 Å². The van der Waals surface area contributed by atoms with Crippen molar-refractivity contribution in [3.8, 4) is 5.75 Å². The molecular formula is C16H15F2NO2S. The van der Waals surface area contributed by atoms with Gasteiger partial charge < -0.3 is 10.1 Å². The van der Waals surface area contributed by atoms with E-state index in [0.29, 0.717) is 11.4 Å². The monoisotopic (exact) mass is 323 g/mol. The smallest absolute Gasteiger partial charge is 0.237 e. The quantitative estimate of drug-likeness (QED) is 0.842. The second-order valence-electron chi connectivity index (χ2n) is 4.55. The van der Waals surface area contributed by atoms with Gasteiger partial charge in [0.1, 0.15) is 17.4 Å². The molecule has 0 fully saturated rings. The zero-order chi connectivity index (χ0) is 16.1. The Balaban J connectivity index is 1.99. The molecule has 2 aromatic carbocycles. The van der Waals surface area contributed by atoms with E-state index in [2.05, 4.69) is 5.32 Å². The number of methoxy groups -OCH3 is 1. The normalized spacial score (nSPS) is 11.8. The molecular weight excluding hydrogens is 308 g/mol. The maximum Gasteiger partial charge on any atom is 0.237 e. The summed E-state index contributed by atoms with van der Waals surface area (Å²) < 4.78 is 31.5. The Labute approximate surface area is 131 Å². The predicted octanol–water partition coefficient (Wildman–Crippen LogP) is 4.09. The standard InChI is InChI=1S/C16H15F2NO2S/c1-10(22-15-8-3-11(17)9-14(15)18)16(20)19-12-4-6-13(21-2)7-5-12/h3-10H,1-2H3,(H,19,20). The van der Waals surface area contributed by atoms with Crippen molar-refractivity contribution < 1.29 is 18.3 Å². The highest BCUT2D eigenvalue weighted by molar-refractivity contribution is 8.00.